The number of anilines is 1. The number of hydrogen-bond donors (Lipinski definition) is 1. The molecule has 0 spiro atoms. The minimum atomic E-state index is -0.367. The second-order valence-corrected chi connectivity index (χ2v) is 8.38. The van der Waals surface area contributed by atoms with Crippen LogP contribution in [0.25, 0.3) is 22.6 Å². The van der Waals surface area contributed by atoms with Crippen LogP contribution in [0.5, 0.6) is 5.75 Å². The first-order valence-electron chi connectivity index (χ1n) is 8.63. The van der Waals surface area contributed by atoms with Crippen LogP contribution in [0, 0.1) is 0 Å². The fourth-order valence-corrected chi connectivity index (χ4v) is 3.53. The molecular formula is C21H12BrCl3N2O3. The highest BCUT2D eigenvalue weighted by atomic mass is 79.9. The number of carbonyl (C=O) groups is 1. The number of amides is 1. The van der Waals surface area contributed by atoms with Gasteiger partial charge in [0.25, 0.3) is 5.91 Å². The van der Waals surface area contributed by atoms with Crippen molar-refractivity contribution in [3.05, 3.63) is 74.1 Å². The van der Waals surface area contributed by atoms with Gasteiger partial charge in [-0.15, -0.1) is 0 Å². The minimum absolute atomic E-state index is 0.251. The molecule has 1 N–H and O–H groups in total. The van der Waals surface area contributed by atoms with Crippen LogP contribution in [-0.4, -0.2) is 17.5 Å². The van der Waals surface area contributed by atoms with Crippen LogP contribution in [0.1, 0.15) is 0 Å². The van der Waals surface area contributed by atoms with Crippen molar-refractivity contribution in [2.24, 2.45) is 0 Å². The second-order valence-electron chi connectivity index (χ2n) is 6.24. The van der Waals surface area contributed by atoms with Crippen molar-refractivity contribution in [1.29, 1.82) is 0 Å². The number of oxazole rings is 1. The highest BCUT2D eigenvalue weighted by Gasteiger charge is 2.12. The van der Waals surface area contributed by atoms with Crippen molar-refractivity contribution in [3.8, 4) is 17.2 Å². The van der Waals surface area contributed by atoms with E-state index in [9.17, 15) is 4.79 Å². The maximum absolute atomic E-state index is 12.3. The van der Waals surface area contributed by atoms with Crippen molar-refractivity contribution in [2.45, 2.75) is 0 Å². The highest BCUT2D eigenvalue weighted by molar-refractivity contribution is 9.10. The monoisotopic (exact) mass is 524 g/mol. The van der Waals surface area contributed by atoms with E-state index < -0.39 is 0 Å². The molecule has 3 aromatic carbocycles. The maximum Gasteiger partial charge on any atom is 0.262 e. The molecule has 0 aliphatic carbocycles. The SMILES string of the molecule is O=C(COc1cc(Cl)c(Cl)cc1Cl)Nc1ccc2oc(-c3ccc(Br)cc3)nc2c1. The zero-order chi connectivity index (χ0) is 21.3. The van der Waals surface area contributed by atoms with Gasteiger partial charge in [0.05, 0.1) is 15.1 Å². The summed E-state index contributed by atoms with van der Waals surface area (Å²) in [6.07, 6.45) is 0. The number of benzene rings is 3. The van der Waals surface area contributed by atoms with Gasteiger partial charge in [-0.05, 0) is 48.5 Å². The number of rotatable bonds is 5. The number of carbonyl (C=O) groups excluding carboxylic acids is 1. The summed E-state index contributed by atoms with van der Waals surface area (Å²) in [5, 5.41) is 3.61. The Morgan fingerprint density at radius 2 is 1.73 bits per heavy atom. The zero-order valence-corrected chi connectivity index (χ0v) is 18.9. The van der Waals surface area contributed by atoms with Crippen LogP contribution in [0.4, 0.5) is 5.69 Å². The molecule has 9 heteroatoms. The number of nitrogens with one attached hydrogen (secondary N) is 1. The van der Waals surface area contributed by atoms with Gasteiger partial charge in [-0.3, -0.25) is 4.79 Å². The average molecular weight is 527 g/mol. The molecule has 0 unspecified atom stereocenters. The molecule has 0 radical (unpaired) electrons. The quantitative estimate of drug-likeness (QED) is 0.279. The molecule has 0 aliphatic rings. The molecule has 0 bridgehead atoms. The number of aromatic nitrogens is 1. The Bertz CT molecular complexity index is 1240. The summed E-state index contributed by atoms with van der Waals surface area (Å²) in [6, 6.07) is 15.8. The molecule has 0 saturated heterocycles. The molecule has 0 aliphatic heterocycles. The van der Waals surface area contributed by atoms with Gasteiger partial charge in [0, 0.05) is 21.8 Å². The van der Waals surface area contributed by atoms with Gasteiger partial charge >= 0.3 is 0 Å². The fraction of sp³-hybridized carbons (Fsp3) is 0.0476. The van der Waals surface area contributed by atoms with Crippen LogP contribution in [0.2, 0.25) is 15.1 Å². The van der Waals surface area contributed by atoms with Crippen molar-refractivity contribution >= 4 is 73.4 Å². The Morgan fingerprint density at radius 3 is 2.50 bits per heavy atom. The van der Waals surface area contributed by atoms with Gasteiger partial charge in [0.2, 0.25) is 5.89 Å². The number of hydrogen-bond acceptors (Lipinski definition) is 4. The van der Waals surface area contributed by atoms with E-state index in [0.29, 0.717) is 27.7 Å². The van der Waals surface area contributed by atoms with E-state index in [-0.39, 0.29) is 28.3 Å². The van der Waals surface area contributed by atoms with Crippen LogP contribution in [0.3, 0.4) is 0 Å². The number of ether oxygens (including phenoxy) is 1. The van der Waals surface area contributed by atoms with Crippen molar-refractivity contribution < 1.29 is 13.9 Å². The van der Waals surface area contributed by atoms with Gasteiger partial charge in [-0.25, -0.2) is 4.98 Å². The first-order chi connectivity index (χ1) is 14.4. The smallest absolute Gasteiger partial charge is 0.262 e. The van der Waals surface area contributed by atoms with E-state index in [4.69, 9.17) is 44.0 Å². The van der Waals surface area contributed by atoms with E-state index in [1.165, 1.54) is 12.1 Å². The van der Waals surface area contributed by atoms with Crippen LogP contribution in [0.15, 0.2) is 63.5 Å². The lowest BCUT2D eigenvalue weighted by atomic mass is 10.2. The van der Waals surface area contributed by atoms with Crippen molar-refractivity contribution in [2.75, 3.05) is 11.9 Å². The van der Waals surface area contributed by atoms with Crippen LogP contribution in [-0.2, 0) is 4.79 Å². The van der Waals surface area contributed by atoms with E-state index >= 15 is 0 Å². The van der Waals surface area contributed by atoms with Gasteiger partial charge in [0.1, 0.15) is 11.3 Å². The van der Waals surface area contributed by atoms with Gasteiger partial charge in [-0.2, -0.15) is 0 Å². The maximum atomic E-state index is 12.3. The standard InChI is InChI=1S/C21H12BrCl3N2O3/c22-12-3-1-11(2-4-12)21-27-17-7-13(5-6-18(17)30-21)26-20(28)10-29-19-9-15(24)14(23)8-16(19)25/h1-9H,10H2,(H,26,28). The molecule has 1 amide bonds. The molecular weight excluding hydrogens is 515 g/mol. The predicted octanol–water partition coefficient (Wildman–Crippen LogP) is 7.24. The first-order valence-corrected chi connectivity index (χ1v) is 10.6. The topological polar surface area (TPSA) is 64.4 Å². The summed E-state index contributed by atoms with van der Waals surface area (Å²) < 4.78 is 12.2. The normalized spacial score (nSPS) is 10.9. The summed E-state index contributed by atoms with van der Waals surface area (Å²) in [6.45, 7) is -0.251. The van der Waals surface area contributed by atoms with Gasteiger partial charge in [-0.1, -0.05) is 50.7 Å². The van der Waals surface area contributed by atoms with E-state index in [2.05, 4.69) is 26.2 Å². The lowest BCUT2D eigenvalue weighted by Crippen LogP contribution is -2.20. The van der Waals surface area contributed by atoms with E-state index in [0.717, 1.165) is 10.0 Å². The molecule has 0 atom stereocenters. The van der Waals surface area contributed by atoms with E-state index in [1.54, 1.807) is 18.2 Å². The molecule has 152 valence electrons. The lowest BCUT2D eigenvalue weighted by Gasteiger charge is -2.09. The third-order valence-corrected chi connectivity index (χ3v) is 5.64. The Morgan fingerprint density at radius 1 is 1.00 bits per heavy atom. The zero-order valence-electron chi connectivity index (χ0n) is 15.1. The molecule has 1 heterocycles. The molecule has 0 fully saturated rings. The molecule has 5 nitrogen and oxygen atoms in total. The lowest BCUT2D eigenvalue weighted by molar-refractivity contribution is -0.118. The molecule has 30 heavy (non-hydrogen) atoms. The van der Waals surface area contributed by atoms with Gasteiger partial charge < -0.3 is 14.5 Å². The number of halogens is 4. The van der Waals surface area contributed by atoms with Crippen molar-refractivity contribution in [3.63, 3.8) is 0 Å². The summed E-state index contributed by atoms with van der Waals surface area (Å²) in [7, 11) is 0. The largest absolute Gasteiger partial charge is 0.482 e. The Kier molecular flexibility index (Phi) is 6.20. The predicted molar refractivity (Wildman–Crippen MR) is 123 cm³/mol. The van der Waals surface area contributed by atoms with Crippen LogP contribution < -0.4 is 10.1 Å². The summed E-state index contributed by atoms with van der Waals surface area (Å²) >= 11 is 21.3. The fourth-order valence-electron chi connectivity index (χ4n) is 2.68. The molecule has 4 aromatic rings. The average Bonchev–Trinajstić information content (AvgIpc) is 3.13. The Hall–Kier alpha value is -2.25. The molecule has 0 saturated carbocycles. The highest BCUT2D eigenvalue weighted by Crippen LogP contribution is 2.34. The van der Waals surface area contributed by atoms with E-state index in [1.807, 2.05) is 24.3 Å². The molecule has 4 rings (SSSR count). The first kappa shape index (κ1) is 21.0. The van der Waals surface area contributed by atoms with Crippen molar-refractivity contribution in [1.82, 2.24) is 4.98 Å². The summed E-state index contributed by atoms with van der Waals surface area (Å²) in [5.41, 5.74) is 2.66. The third kappa shape index (κ3) is 4.73. The summed E-state index contributed by atoms with van der Waals surface area (Å²) in [4.78, 5) is 16.8. The molecule has 1 aromatic heterocycles. The third-order valence-electron chi connectivity index (χ3n) is 4.10. The Labute approximate surface area is 195 Å². The number of fused-ring (bicyclic) bond motifs is 1. The summed E-state index contributed by atoms with van der Waals surface area (Å²) in [5.74, 6) is 0.402. The van der Waals surface area contributed by atoms with Gasteiger partial charge in [0.15, 0.2) is 12.2 Å². The minimum Gasteiger partial charge on any atom is -0.482 e. The second kappa shape index (κ2) is 8.86. The Balaban J connectivity index is 1.45. The number of nitrogens with zero attached hydrogens (tertiary/aromatic N) is 1. The van der Waals surface area contributed by atoms with Crippen LogP contribution >= 0.6 is 50.7 Å².